The first-order valence-electron chi connectivity index (χ1n) is 5.83. The van der Waals surface area contributed by atoms with E-state index in [-0.39, 0.29) is 11.8 Å². The molecule has 0 atom stereocenters. The van der Waals surface area contributed by atoms with Gasteiger partial charge < -0.3 is 11.1 Å². The molecule has 1 aromatic carbocycles. The van der Waals surface area contributed by atoms with E-state index in [1.807, 2.05) is 6.07 Å². The van der Waals surface area contributed by atoms with Crippen molar-refractivity contribution in [2.75, 3.05) is 0 Å². The number of primary amides is 1. The molecular weight excluding hydrogens is 216 g/mol. The molecule has 0 saturated heterocycles. The molecule has 0 aromatic heterocycles. The molecule has 0 bridgehead atoms. The number of rotatable bonds is 4. The summed E-state index contributed by atoms with van der Waals surface area (Å²) < 4.78 is 0. The van der Waals surface area contributed by atoms with E-state index in [4.69, 9.17) is 5.73 Å². The highest BCUT2D eigenvalue weighted by Crippen LogP contribution is 2.26. The van der Waals surface area contributed by atoms with Crippen molar-refractivity contribution in [3.05, 3.63) is 35.4 Å². The Morgan fingerprint density at radius 3 is 2.71 bits per heavy atom. The molecule has 1 fully saturated rings. The van der Waals surface area contributed by atoms with E-state index in [9.17, 15) is 9.59 Å². The third kappa shape index (κ3) is 2.84. The Labute approximate surface area is 100 Å². The minimum absolute atomic E-state index is 0.112. The van der Waals surface area contributed by atoms with Crippen molar-refractivity contribution in [3.8, 4) is 0 Å². The maximum Gasteiger partial charge on any atom is 0.248 e. The van der Waals surface area contributed by atoms with E-state index in [1.165, 1.54) is 0 Å². The predicted molar refractivity (Wildman–Crippen MR) is 64.1 cm³/mol. The zero-order chi connectivity index (χ0) is 12.3. The minimum Gasteiger partial charge on any atom is -0.366 e. The summed E-state index contributed by atoms with van der Waals surface area (Å²) in [6.45, 7) is 0.455. The fourth-order valence-electron chi connectivity index (χ4n) is 1.84. The number of nitrogens with two attached hydrogens (primary N) is 1. The maximum absolute atomic E-state index is 11.6. The quantitative estimate of drug-likeness (QED) is 0.818. The molecule has 2 amide bonds. The maximum atomic E-state index is 11.6. The fraction of sp³-hybridized carbons (Fsp3) is 0.385. The lowest BCUT2D eigenvalue weighted by Gasteiger charge is -2.24. The van der Waals surface area contributed by atoms with Gasteiger partial charge in [-0.2, -0.15) is 0 Å². The standard InChI is InChI=1S/C13H16N2O2/c14-12(16)11-6-1-3-9(7-11)8-15-13(17)10-4-2-5-10/h1,3,6-7,10H,2,4-5,8H2,(H2,14,16)(H,15,17). The summed E-state index contributed by atoms with van der Waals surface area (Å²) in [5, 5.41) is 2.88. The lowest BCUT2D eigenvalue weighted by Crippen LogP contribution is -2.34. The molecule has 0 aliphatic heterocycles. The molecule has 2 rings (SSSR count). The third-order valence-electron chi connectivity index (χ3n) is 3.15. The molecule has 4 nitrogen and oxygen atoms in total. The van der Waals surface area contributed by atoms with Crippen molar-refractivity contribution in [1.82, 2.24) is 5.32 Å². The normalized spacial score (nSPS) is 15.1. The van der Waals surface area contributed by atoms with Gasteiger partial charge >= 0.3 is 0 Å². The van der Waals surface area contributed by atoms with Crippen molar-refractivity contribution in [1.29, 1.82) is 0 Å². The second kappa shape index (κ2) is 4.99. The van der Waals surface area contributed by atoms with Gasteiger partial charge in [-0.15, -0.1) is 0 Å². The van der Waals surface area contributed by atoms with Crippen LogP contribution in [0.15, 0.2) is 24.3 Å². The Hall–Kier alpha value is -1.84. The van der Waals surface area contributed by atoms with Gasteiger partial charge in [0.1, 0.15) is 0 Å². The van der Waals surface area contributed by atoms with Gasteiger partial charge in [0.2, 0.25) is 11.8 Å². The zero-order valence-corrected chi connectivity index (χ0v) is 9.61. The SMILES string of the molecule is NC(=O)c1cccc(CNC(=O)C2CCC2)c1. The fourth-order valence-corrected chi connectivity index (χ4v) is 1.84. The number of hydrogen-bond acceptors (Lipinski definition) is 2. The molecule has 0 spiro atoms. The van der Waals surface area contributed by atoms with Crippen LogP contribution in [-0.4, -0.2) is 11.8 Å². The first kappa shape index (κ1) is 11.6. The van der Waals surface area contributed by atoms with Crippen LogP contribution in [0.3, 0.4) is 0 Å². The van der Waals surface area contributed by atoms with Crippen LogP contribution in [0.1, 0.15) is 35.2 Å². The topological polar surface area (TPSA) is 72.2 Å². The summed E-state index contributed by atoms with van der Waals surface area (Å²) in [6.07, 6.45) is 3.13. The van der Waals surface area contributed by atoms with Crippen LogP contribution >= 0.6 is 0 Å². The molecule has 90 valence electrons. The van der Waals surface area contributed by atoms with Gasteiger partial charge in [-0.25, -0.2) is 0 Å². The first-order valence-corrected chi connectivity index (χ1v) is 5.83. The average molecular weight is 232 g/mol. The van der Waals surface area contributed by atoms with E-state index in [1.54, 1.807) is 18.2 Å². The van der Waals surface area contributed by atoms with Crippen LogP contribution in [0.4, 0.5) is 0 Å². The molecule has 1 aromatic rings. The van der Waals surface area contributed by atoms with Gasteiger partial charge in [-0.1, -0.05) is 18.6 Å². The summed E-state index contributed by atoms with van der Waals surface area (Å²) >= 11 is 0. The van der Waals surface area contributed by atoms with Crippen molar-refractivity contribution >= 4 is 11.8 Å². The number of benzene rings is 1. The minimum atomic E-state index is -0.447. The molecule has 0 unspecified atom stereocenters. The van der Waals surface area contributed by atoms with Crippen molar-refractivity contribution in [2.24, 2.45) is 11.7 Å². The summed E-state index contributed by atoms with van der Waals surface area (Å²) in [5.74, 6) is -0.146. The molecule has 0 heterocycles. The van der Waals surface area contributed by atoms with E-state index < -0.39 is 5.91 Å². The highest BCUT2D eigenvalue weighted by molar-refractivity contribution is 5.92. The van der Waals surface area contributed by atoms with Crippen LogP contribution in [0, 0.1) is 5.92 Å². The van der Waals surface area contributed by atoms with Crippen LogP contribution in [-0.2, 0) is 11.3 Å². The van der Waals surface area contributed by atoms with Gasteiger partial charge in [-0.3, -0.25) is 9.59 Å². The Kier molecular flexibility index (Phi) is 3.42. The third-order valence-corrected chi connectivity index (χ3v) is 3.15. The number of amides is 2. The van der Waals surface area contributed by atoms with Crippen LogP contribution in [0.2, 0.25) is 0 Å². The van der Waals surface area contributed by atoms with E-state index >= 15 is 0 Å². The largest absolute Gasteiger partial charge is 0.366 e. The van der Waals surface area contributed by atoms with Gasteiger partial charge in [0.15, 0.2) is 0 Å². The summed E-state index contributed by atoms with van der Waals surface area (Å²) in [6, 6.07) is 7.02. The van der Waals surface area contributed by atoms with Crippen molar-refractivity contribution < 1.29 is 9.59 Å². The van der Waals surface area contributed by atoms with E-state index in [2.05, 4.69) is 5.32 Å². The molecular formula is C13H16N2O2. The number of carbonyl (C=O) groups excluding carboxylic acids is 2. The van der Waals surface area contributed by atoms with Gasteiger partial charge in [0, 0.05) is 18.0 Å². The Morgan fingerprint density at radius 2 is 2.12 bits per heavy atom. The van der Waals surface area contributed by atoms with Gasteiger partial charge in [0.05, 0.1) is 0 Å². The van der Waals surface area contributed by atoms with Crippen LogP contribution in [0.5, 0.6) is 0 Å². The number of hydrogen-bond donors (Lipinski definition) is 2. The molecule has 1 aliphatic rings. The predicted octanol–water partition coefficient (Wildman–Crippen LogP) is 1.20. The van der Waals surface area contributed by atoms with Crippen molar-refractivity contribution in [3.63, 3.8) is 0 Å². The smallest absolute Gasteiger partial charge is 0.248 e. The first-order chi connectivity index (χ1) is 8.16. The second-order valence-electron chi connectivity index (χ2n) is 4.41. The Morgan fingerprint density at radius 1 is 1.35 bits per heavy atom. The summed E-state index contributed by atoms with van der Waals surface area (Å²) in [5.41, 5.74) is 6.56. The highest BCUT2D eigenvalue weighted by Gasteiger charge is 2.24. The summed E-state index contributed by atoms with van der Waals surface area (Å²) in [4.78, 5) is 22.6. The average Bonchev–Trinajstić information content (AvgIpc) is 2.24. The van der Waals surface area contributed by atoms with Crippen LogP contribution < -0.4 is 11.1 Å². The number of nitrogens with one attached hydrogen (secondary N) is 1. The zero-order valence-electron chi connectivity index (χ0n) is 9.61. The van der Waals surface area contributed by atoms with Crippen molar-refractivity contribution in [2.45, 2.75) is 25.8 Å². The Balaban J connectivity index is 1.91. The van der Waals surface area contributed by atoms with E-state index in [0.29, 0.717) is 12.1 Å². The van der Waals surface area contributed by atoms with Gasteiger partial charge in [-0.05, 0) is 30.5 Å². The number of carbonyl (C=O) groups is 2. The molecule has 3 N–H and O–H groups in total. The molecule has 17 heavy (non-hydrogen) atoms. The Bertz CT molecular complexity index is 439. The lowest BCUT2D eigenvalue weighted by atomic mass is 9.85. The molecule has 1 saturated carbocycles. The summed E-state index contributed by atoms with van der Waals surface area (Å²) in [7, 11) is 0. The van der Waals surface area contributed by atoms with E-state index in [0.717, 1.165) is 24.8 Å². The molecule has 1 aliphatic carbocycles. The lowest BCUT2D eigenvalue weighted by molar-refractivity contribution is -0.127. The molecule has 0 radical (unpaired) electrons. The van der Waals surface area contributed by atoms with Crippen LogP contribution in [0.25, 0.3) is 0 Å². The monoisotopic (exact) mass is 232 g/mol. The second-order valence-corrected chi connectivity index (χ2v) is 4.41. The molecule has 4 heteroatoms. The highest BCUT2D eigenvalue weighted by atomic mass is 16.2. The van der Waals surface area contributed by atoms with Gasteiger partial charge in [0.25, 0.3) is 0 Å².